The zero-order valence-electron chi connectivity index (χ0n) is 17.8. The Bertz CT molecular complexity index is 995. The van der Waals surface area contributed by atoms with Crippen LogP contribution in [0.1, 0.15) is 39.5 Å². The summed E-state index contributed by atoms with van der Waals surface area (Å²) >= 11 is 0. The van der Waals surface area contributed by atoms with Gasteiger partial charge in [0.1, 0.15) is 23.6 Å². The second-order valence-corrected chi connectivity index (χ2v) is 9.62. The zero-order chi connectivity index (χ0) is 21.1. The van der Waals surface area contributed by atoms with E-state index >= 15 is 0 Å². The van der Waals surface area contributed by atoms with E-state index in [0.29, 0.717) is 41.4 Å². The number of nitrogens with zero attached hydrogens (tertiary/aromatic N) is 2. The van der Waals surface area contributed by atoms with Crippen LogP contribution in [0.15, 0.2) is 22.6 Å². The number of nitrogens with one attached hydrogen (secondary N) is 1. The van der Waals surface area contributed by atoms with Crippen LogP contribution in [0, 0.1) is 22.7 Å². The molecule has 1 aliphatic heterocycles. The van der Waals surface area contributed by atoms with Gasteiger partial charge in [0.25, 0.3) is 6.01 Å². The van der Waals surface area contributed by atoms with Crippen molar-refractivity contribution in [2.75, 3.05) is 25.5 Å². The van der Waals surface area contributed by atoms with Gasteiger partial charge in [0, 0.05) is 30.5 Å². The number of amides is 1. The maximum atomic E-state index is 13.5. The summed E-state index contributed by atoms with van der Waals surface area (Å²) in [5.74, 6) is 0.735. The first-order valence-corrected chi connectivity index (χ1v) is 10.9. The number of rotatable bonds is 6. The number of hydrogen-bond donors (Lipinski definition) is 1. The van der Waals surface area contributed by atoms with Gasteiger partial charge in [-0.05, 0) is 49.1 Å². The molecular weight excluding hydrogens is 382 g/mol. The lowest BCUT2D eigenvalue weighted by atomic mass is 9.53. The number of anilines is 1. The molecule has 3 fully saturated rings. The first-order chi connectivity index (χ1) is 14.4. The van der Waals surface area contributed by atoms with E-state index in [1.54, 1.807) is 13.2 Å². The fourth-order valence-corrected chi connectivity index (χ4v) is 5.74. The van der Waals surface area contributed by atoms with E-state index in [0.717, 1.165) is 12.7 Å². The summed E-state index contributed by atoms with van der Waals surface area (Å²) in [7, 11) is 1.61. The molecule has 0 bridgehead atoms. The molecule has 5 rings (SSSR count). The van der Waals surface area contributed by atoms with Crippen molar-refractivity contribution in [1.29, 1.82) is 0 Å². The van der Waals surface area contributed by atoms with Gasteiger partial charge in [0.15, 0.2) is 5.58 Å². The highest BCUT2D eigenvalue weighted by molar-refractivity contribution is 5.86. The zero-order valence-corrected chi connectivity index (χ0v) is 17.8. The highest BCUT2D eigenvalue weighted by atomic mass is 16.5. The maximum absolute atomic E-state index is 13.5. The van der Waals surface area contributed by atoms with E-state index in [1.807, 2.05) is 30.9 Å². The number of carbonyl (C=O) groups is 2. The van der Waals surface area contributed by atoms with Crippen molar-refractivity contribution in [3.05, 3.63) is 18.2 Å². The van der Waals surface area contributed by atoms with Crippen LogP contribution in [0.2, 0.25) is 0 Å². The molecule has 1 aromatic heterocycles. The van der Waals surface area contributed by atoms with Crippen molar-refractivity contribution in [2.24, 2.45) is 22.7 Å². The Kier molecular flexibility index (Phi) is 4.35. The van der Waals surface area contributed by atoms with Crippen molar-refractivity contribution < 1.29 is 18.7 Å². The number of aldehydes is 1. The Morgan fingerprint density at radius 3 is 2.70 bits per heavy atom. The van der Waals surface area contributed by atoms with Crippen molar-refractivity contribution in [3.63, 3.8) is 0 Å². The first kappa shape index (κ1) is 19.4. The maximum Gasteiger partial charge on any atom is 0.296 e. The van der Waals surface area contributed by atoms with E-state index in [1.165, 1.54) is 19.3 Å². The predicted molar refractivity (Wildman–Crippen MR) is 112 cm³/mol. The van der Waals surface area contributed by atoms with E-state index in [-0.39, 0.29) is 23.2 Å². The Morgan fingerprint density at radius 1 is 1.33 bits per heavy atom. The standard InChI is InChI=1S/C23H29N3O4/c1-14(2)19(25-21-24-17-10-16(29-3)4-5-18(17)30-21)20(28)26-11-15(12-27)23(13-26)9-8-22(23)6-7-22/h4-5,10,12,14-15,19H,6-9,11,13H2,1-3H3,(H,24,25)/t15?,19?,23-/m0/s1. The van der Waals surface area contributed by atoms with E-state index in [2.05, 4.69) is 10.3 Å². The Balaban J connectivity index is 1.36. The monoisotopic (exact) mass is 411 g/mol. The highest BCUT2D eigenvalue weighted by Gasteiger charge is 2.70. The molecule has 1 aromatic carbocycles. The number of fused-ring (bicyclic) bond motifs is 2. The number of likely N-dealkylation sites (tertiary alicyclic amines) is 1. The van der Waals surface area contributed by atoms with Crippen LogP contribution < -0.4 is 10.1 Å². The molecule has 160 valence electrons. The molecule has 2 unspecified atom stereocenters. The van der Waals surface area contributed by atoms with Gasteiger partial charge in [0.05, 0.1) is 7.11 Å². The van der Waals surface area contributed by atoms with Gasteiger partial charge in [-0.1, -0.05) is 13.8 Å². The lowest BCUT2D eigenvalue weighted by Gasteiger charge is -2.50. The molecule has 1 amide bonds. The molecule has 3 aliphatic rings. The van der Waals surface area contributed by atoms with Crippen molar-refractivity contribution in [1.82, 2.24) is 9.88 Å². The first-order valence-electron chi connectivity index (χ1n) is 10.9. The molecule has 2 spiro atoms. The second-order valence-electron chi connectivity index (χ2n) is 9.62. The average Bonchev–Trinajstić information content (AvgIpc) is 3.33. The summed E-state index contributed by atoms with van der Waals surface area (Å²) in [5.41, 5.74) is 1.66. The Labute approximate surface area is 176 Å². The molecule has 2 saturated carbocycles. The summed E-state index contributed by atoms with van der Waals surface area (Å²) in [6.45, 7) is 5.25. The van der Waals surface area contributed by atoms with Gasteiger partial charge < -0.3 is 24.2 Å². The minimum atomic E-state index is -0.461. The molecular formula is C23H29N3O4. The van der Waals surface area contributed by atoms with Crippen molar-refractivity contribution in [3.8, 4) is 5.75 Å². The molecule has 2 aromatic rings. The van der Waals surface area contributed by atoms with Crippen molar-refractivity contribution >= 4 is 29.3 Å². The molecule has 1 saturated heterocycles. The predicted octanol–water partition coefficient (Wildman–Crippen LogP) is 3.49. The fraction of sp³-hybridized carbons (Fsp3) is 0.609. The van der Waals surface area contributed by atoms with Crippen LogP contribution in [0.3, 0.4) is 0 Å². The van der Waals surface area contributed by atoms with Gasteiger partial charge in [-0.3, -0.25) is 4.79 Å². The van der Waals surface area contributed by atoms with Crippen LogP contribution >= 0.6 is 0 Å². The van der Waals surface area contributed by atoms with Crippen LogP contribution in [-0.4, -0.2) is 48.3 Å². The van der Waals surface area contributed by atoms with Gasteiger partial charge in [-0.15, -0.1) is 0 Å². The summed E-state index contributed by atoms with van der Waals surface area (Å²) < 4.78 is 11.1. The summed E-state index contributed by atoms with van der Waals surface area (Å²) in [6, 6.07) is 5.30. The molecule has 7 heteroatoms. The van der Waals surface area contributed by atoms with E-state index < -0.39 is 6.04 Å². The molecule has 7 nitrogen and oxygen atoms in total. The number of oxazole rings is 1. The second kappa shape index (κ2) is 6.72. The third-order valence-corrected chi connectivity index (χ3v) is 7.84. The minimum absolute atomic E-state index is 0.0140. The highest BCUT2D eigenvalue weighted by Crippen LogP contribution is 2.75. The van der Waals surface area contributed by atoms with Gasteiger partial charge in [0.2, 0.25) is 5.91 Å². The van der Waals surface area contributed by atoms with E-state index in [9.17, 15) is 9.59 Å². The molecule has 30 heavy (non-hydrogen) atoms. The minimum Gasteiger partial charge on any atom is -0.497 e. The number of methoxy groups -OCH3 is 1. The van der Waals surface area contributed by atoms with Crippen molar-refractivity contribution in [2.45, 2.75) is 45.6 Å². The average molecular weight is 412 g/mol. The van der Waals surface area contributed by atoms with Crippen LogP contribution in [0.5, 0.6) is 5.75 Å². The summed E-state index contributed by atoms with van der Waals surface area (Å²) in [6.07, 6.45) is 5.78. The number of aromatic nitrogens is 1. The largest absolute Gasteiger partial charge is 0.497 e. The lowest BCUT2D eigenvalue weighted by molar-refractivity contribution is -0.133. The normalized spacial score (nSPS) is 27.5. The molecule has 3 atom stereocenters. The molecule has 0 radical (unpaired) electrons. The fourth-order valence-electron chi connectivity index (χ4n) is 5.74. The molecule has 1 N–H and O–H groups in total. The van der Waals surface area contributed by atoms with Crippen LogP contribution in [0.25, 0.3) is 11.1 Å². The van der Waals surface area contributed by atoms with Crippen LogP contribution in [-0.2, 0) is 9.59 Å². The quantitative estimate of drug-likeness (QED) is 0.733. The lowest BCUT2D eigenvalue weighted by Crippen LogP contribution is -2.50. The van der Waals surface area contributed by atoms with E-state index in [4.69, 9.17) is 9.15 Å². The van der Waals surface area contributed by atoms with Gasteiger partial charge >= 0.3 is 0 Å². The molecule has 2 heterocycles. The van der Waals surface area contributed by atoms with Gasteiger partial charge in [-0.2, -0.15) is 4.98 Å². The Hall–Kier alpha value is -2.57. The third kappa shape index (κ3) is 2.74. The number of benzene rings is 1. The number of hydrogen-bond acceptors (Lipinski definition) is 6. The topological polar surface area (TPSA) is 84.7 Å². The van der Waals surface area contributed by atoms with Gasteiger partial charge in [-0.25, -0.2) is 0 Å². The SMILES string of the molecule is COc1ccc2oc(NC(C(=O)N3CC(C=O)[C@]4(CCC45CC5)C3)C(C)C)nc2c1. The Morgan fingerprint density at radius 2 is 2.10 bits per heavy atom. The summed E-state index contributed by atoms with van der Waals surface area (Å²) in [4.78, 5) is 31.7. The summed E-state index contributed by atoms with van der Waals surface area (Å²) in [5, 5.41) is 3.22. The number of ether oxygens (including phenoxy) is 1. The smallest absolute Gasteiger partial charge is 0.296 e. The molecule has 2 aliphatic carbocycles. The van der Waals surface area contributed by atoms with Crippen LogP contribution in [0.4, 0.5) is 6.01 Å². The number of carbonyl (C=O) groups excluding carboxylic acids is 2. The third-order valence-electron chi connectivity index (χ3n) is 7.84.